The van der Waals surface area contributed by atoms with E-state index in [0.717, 1.165) is 49.2 Å². The molecule has 1 aromatic rings. The molecular formula is C14H25BrN4O. The van der Waals surface area contributed by atoms with Gasteiger partial charge in [0.25, 0.3) is 0 Å². The van der Waals surface area contributed by atoms with E-state index in [9.17, 15) is 0 Å². The highest BCUT2D eigenvalue weighted by atomic mass is 79.9. The molecule has 1 aliphatic heterocycles. The fourth-order valence-corrected chi connectivity index (χ4v) is 3.59. The van der Waals surface area contributed by atoms with Gasteiger partial charge in [0.1, 0.15) is 0 Å². The lowest BCUT2D eigenvalue weighted by molar-refractivity contribution is 0.0390. The molecule has 0 radical (unpaired) electrons. The summed E-state index contributed by atoms with van der Waals surface area (Å²) in [7, 11) is 0. The fourth-order valence-electron chi connectivity index (χ4n) is 2.87. The fraction of sp³-hybridized carbons (Fsp3) is 0.786. The van der Waals surface area contributed by atoms with E-state index in [1.807, 2.05) is 0 Å². The summed E-state index contributed by atoms with van der Waals surface area (Å²) >= 11 is 3.70. The first kappa shape index (κ1) is 15.9. The molecule has 0 saturated carbocycles. The summed E-state index contributed by atoms with van der Waals surface area (Å²) in [6.07, 6.45) is 4.12. The Balaban J connectivity index is 2.15. The predicted molar refractivity (Wildman–Crippen MR) is 83.3 cm³/mol. The number of halogens is 1. The number of ether oxygens (including phenoxy) is 1. The zero-order valence-electron chi connectivity index (χ0n) is 12.4. The molecule has 1 fully saturated rings. The van der Waals surface area contributed by atoms with Gasteiger partial charge < -0.3 is 4.74 Å². The second-order valence-corrected chi connectivity index (χ2v) is 6.12. The highest BCUT2D eigenvalue weighted by Gasteiger charge is 2.26. The third-order valence-electron chi connectivity index (χ3n) is 4.09. The van der Waals surface area contributed by atoms with Gasteiger partial charge in [-0.2, -0.15) is 5.10 Å². The number of aryl methyl sites for hydroxylation is 2. The van der Waals surface area contributed by atoms with E-state index < -0.39 is 0 Å². The van der Waals surface area contributed by atoms with Crippen molar-refractivity contribution in [2.75, 3.05) is 13.2 Å². The molecule has 5 nitrogen and oxygen atoms in total. The first-order chi connectivity index (χ1) is 9.71. The van der Waals surface area contributed by atoms with Crippen LogP contribution in [0.2, 0.25) is 0 Å². The third-order valence-corrected chi connectivity index (χ3v) is 5.00. The molecule has 1 saturated heterocycles. The van der Waals surface area contributed by atoms with Crippen LogP contribution in [0.3, 0.4) is 0 Å². The summed E-state index contributed by atoms with van der Waals surface area (Å²) < 4.78 is 8.80. The van der Waals surface area contributed by atoms with Crippen molar-refractivity contribution in [3.05, 3.63) is 15.9 Å². The van der Waals surface area contributed by atoms with Crippen LogP contribution in [0.25, 0.3) is 0 Å². The van der Waals surface area contributed by atoms with Crippen LogP contribution in [-0.4, -0.2) is 29.0 Å². The molecule has 0 aromatic carbocycles. The number of nitrogens with zero attached hydrogens (tertiary/aromatic N) is 2. The predicted octanol–water partition coefficient (Wildman–Crippen LogP) is 2.03. The topological polar surface area (TPSA) is 65.1 Å². The van der Waals surface area contributed by atoms with E-state index in [2.05, 4.69) is 45.0 Å². The van der Waals surface area contributed by atoms with Gasteiger partial charge in [-0.05, 0) is 48.0 Å². The zero-order valence-corrected chi connectivity index (χ0v) is 13.9. The lowest BCUT2D eigenvalue weighted by Crippen LogP contribution is -2.45. The first-order valence-corrected chi connectivity index (χ1v) is 8.28. The van der Waals surface area contributed by atoms with E-state index in [1.54, 1.807) is 0 Å². The van der Waals surface area contributed by atoms with Crippen molar-refractivity contribution >= 4 is 15.9 Å². The maximum Gasteiger partial charge on any atom is 0.0766 e. The van der Waals surface area contributed by atoms with Gasteiger partial charge in [-0.3, -0.25) is 16.0 Å². The molecule has 2 rings (SSSR count). The summed E-state index contributed by atoms with van der Waals surface area (Å²) in [6.45, 7) is 6.81. The molecule has 0 aliphatic carbocycles. The Morgan fingerprint density at radius 2 is 2.35 bits per heavy atom. The van der Waals surface area contributed by atoms with Crippen LogP contribution in [0, 0.1) is 5.92 Å². The van der Waals surface area contributed by atoms with Gasteiger partial charge in [0, 0.05) is 25.6 Å². The lowest BCUT2D eigenvalue weighted by Gasteiger charge is -2.30. The van der Waals surface area contributed by atoms with Gasteiger partial charge in [-0.15, -0.1) is 0 Å². The first-order valence-electron chi connectivity index (χ1n) is 7.49. The summed E-state index contributed by atoms with van der Waals surface area (Å²) in [4.78, 5) is 0. The van der Waals surface area contributed by atoms with Crippen molar-refractivity contribution in [2.45, 2.75) is 52.1 Å². The molecule has 6 heteroatoms. The van der Waals surface area contributed by atoms with Gasteiger partial charge in [-0.1, -0.05) is 6.92 Å². The molecule has 0 amide bonds. The van der Waals surface area contributed by atoms with Gasteiger partial charge in [0.05, 0.1) is 22.5 Å². The van der Waals surface area contributed by atoms with Crippen molar-refractivity contribution in [3.63, 3.8) is 0 Å². The minimum Gasteiger partial charge on any atom is -0.381 e. The number of hydrogen-bond acceptors (Lipinski definition) is 4. The molecule has 0 bridgehead atoms. The maximum atomic E-state index is 5.78. The number of rotatable bonds is 6. The highest BCUT2D eigenvalue weighted by molar-refractivity contribution is 9.10. The van der Waals surface area contributed by atoms with Crippen LogP contribution in [-0.2, 0) is 24.1 Å². The number of hydrazine groups is 1. The van der Waals surface area contributed by atoms with Crippen LogP contribution in [0.15, 0.2) is 4.47 Å². The Labute approximate surface area is 129 Å². The van der Waals surface area contributed by atoms with Crippen LogP contribution >= 0.6 is 15.9 Å². The monoisotopic (exact) mass is 344 g/mol. The Morgan fingerprint density at radius 3 is 2.90 bits per heavy atom. The van der Waals surface area contributed by atoms with E-state index >= 15 is 0 Å². The zero-order chi connectivity index (χ0) is 14.5. The van der Waals surface area contributed by atoms with Gasteiger partial charge in [0.15, 0.2) is 0 Å². The van der Waals surface area contributed by atoms with Crippen molar-refractivity contribution in [1.82, 2.24) is 15.2 Å². The van der Waals surface area contributed by atoms with Crippen LogP contribution < -0.4 is 11.3 Å². The van der Waals surface area contributed by atoms with E-state index in [-0.39, 0.29) is 6.04 Å². The average Bonchev–Trinajstić information content (AvgIpc) is 2.81. The van der Waals surface area contributed by atoms with Crippen LogP contribution in [0.1, 0.15) is 38.1 Å². The lowest BCUT2D eigenvalue weighted by atomic mass is 9.91. The second-order valence-electron chi connectivity index (χ2n) is 5.33. The van der Waals surface area contributed by atoms with Crippen molar-refractivity contribution in [1.29, 1.82) is 0 Å². The van der Waals surface area contributed by atoms with Crippen molar-refractivity contribution in [2.24, 2.45) is 11.8 Å². The Hall–Kier alpha value is -0.430. The molecule has 1 aromatic heterocycles. The molecule has 2 heterocycles. The third kappa shape index (κ3) is 3.42. The smallest absolute Gasteiger partial charge is 0.0766 e. The molecule has 0 spiro atoms. The van der Waals surface area contributed by atoms with E-state index in [1.165, 1.54) is 12.1 Å². The van der Waals surface area contributed by atoms with Gasteiger partial charge in [0.2, 0.25) is 0 Å². The molecule has 114 valence electrons. The minimum atomic E-state index is 0.235. The summed E-state index contributed by atoms with van der Waals surface area (Å²) in [5, 5.41) is 4.65. The number of nitrogens with one attached hydrogen (secondary N) is 1. The van der Waals surface area contributed by atoms with Gasteiger partial charge >= 0.3 is 0 Å². The molecule has 2 unspecified atom stereocenters. The number of hydrogen-bond donors (Lipinski definition) is 2. The van der Waals surface area contributed by atoms with Crippen molar-refractivity contribution in [3.8, 4) is 0 Å². The van der Waals surface area contributed by atoms with Gasteiger partial charge in [-0.25, -0.2) is 0 Å². The summed E-state index contributed by atoms with van der Waals surface area (Å²) in [5.41, 5.74) is 5.34. The Morgan fingerprint density at radius 1 is 1.55 bits per heavy atom. The van der Waals surface area contributed by atoms with E-state index in [0.29, 0.717) is 5.92 Å². The average molecular weight is 345 g/mol. The van der Waals surface area contributed by atoms with E-state index in [4.69, 9.17) is 10.6 Å². The SMILES string of the molecule is CCc1nn(CC)c(CC(NN)C2CCCOC2)c1Br. The summed E-state index contributed by atoms with van der Waals surface area (Å²) in [5.74, 6) is 6.26. The van der Waals surface area contributed by atoms with Crippen LogP contribution in [0.4, 0.5) is 0 Å². The molecule has 1 aliphatic rings. The summed E-state index contributed by atoms with van der Waals surface area (Å²) in [6, 6.07) is 0.235. The second kappa shape index (κ2) is 7.54. The highest BCUT2D eigenvalue weighted by Crippen LogP contribution is 2.26. The standard InChI is InChI=1S/C14H25BrN4O/c1-3-11-14(15)13(19(4-2)18-11)8-12(17-16)10-6-5-7-20-9-10/h10,12,17H,3-9,16H2,1-2H3. The van der Waals surface area contributed by atoms with Crippen LogP contribution in [0.5, 0.6) is 0 Å². The number of aromatic nitrogens is 2. The molecule has 20 heavy (non-hydrogen) atoms. The molecule has 2 atom stereocenters. The van der Waals surface area contributed by atoms with Crippen molar-refractivity contribution < 1.29 is 4.74 Å². The number of nitrogens with two attached hydrogens (primary N) is 1. The quantitative estimate of drug-likeness (QED) is 0.612. The molecular weight excluding hydrogens is 320 g/mol. The largest absolute Gasteiger partial charge is 0.381 e. The normalized spacial score (nSPS) is 21.1. The Kier molecular flexibility index (Phi) is 6.01. The molecule has 3 N–H and O–H groups in total. The maximum absolute atomic E-state index is 5.78. The Bertz CT molecular complexity index is 429. The minimum absolute atomic E-state index is 0.235.